The molecule has 0 aromatic carbocycles. The Morgan fingerprint density at radius 1 is 1.36 bits per heavy atom. The smallest absolute Gasteiger partial charge is 0.419 e. The predicted octanol–water partition coefficient (Wildman–Crippen LogP) is 3.19. The van der Waals surface area contributed by atoms with E-state index in [0.717, 1.165) is 11.4 Å². The van der Waals surface area contributed by atoms with Gasteiger partial charge < -0.3 is 4.74 Å². The van der Waals surface area contributed by atoms with Crippen molar-refractivity contribution in [2.24, 2.45) is 0 Å². The van der Waals surface area contributed by atoms with Crippen molar-refractivity contribution >= 4 is 43.3 Å². The highest BCUT2D eigenvalue weighted by Crippen LogP contribution is 2.09. The van der Waals surface area contributed by atoms with Crippen LogP contribution in [0.25, 0.3) is 0 Å². The third-order valence-corrected chi connectivity index (χ3v) is 1.87. The van der Waals surface area contributed by atoms with E-state index in [2.05, 4.69) is 47.0 Å². The molecule has 0 bridgehead atoms. The van der Waals surface area contributed by atoms with E-state index in [-0.39, 0.29) is 6.09 Å². The summed E-state index contributed by atoms with van der Waals surface area (Å²) in [6.07, 6.45) is -0.384. The lowest BCUT2D eigenvalue weighted by Crippen LogP contribution is -2.14. The molecule has 1 aromatic rings. The zero-order valence-electron chi connectivity index (χ0n) is 8.47. The number of hydrogen-bond acceptors (Lipinski definition) is 3. The molecule has 0 amide bonds. The molecule has 0 radical (unpaired) electrons. The summed E-state index contributed by atoms with van der Waals surface area (Å²) in [6, 6.07) is 0. The SMILES string of the molecule is COC(=O)n1c(C)nc(C)c1C.II. The summed E-state index contributed by atoms with van der Waals surface area (Å²) in [7, 11) is 1.36. The number of carbonyl (C=O) groups is 1. The molecule has 4 nitrogen and oxygen atoms in total. The molecular weight excluding hydrogens is 410 g/mol. The molecule has 0 atom stereocenters. The van der Waals surface area contributed by atoms with Crippen molar-refractivity contribution in [2.45, 2.75) is 20.8 Å². The van der Waals surface area contributed by atoms with Gasteiger partial charge in [-0.25, -0.2) is 14.3 Å². The molecule has 80 valence electrons. The quantitative estimate of drug-likeness (QED) is 0.604. The minimum atomic E-state index is -0.384. The highest BCUT2D eigenvalue weighted by Gasteiger charge is 2.13. The topological polar surface area (TPSA) is 44.1 Å². The Hall–Kier alpha value is 0.140. The first-order valence-corrected chi connectivity index (χ1v) is 10.1. The molecule has 0 aliphatic carbocycles. The normalized spacial score (nSPS) is 9.00. The Morgan fingerprint density at radius 3 is 2.14 bits per heavy atom. The Labute approximate surface area is 107 Å². The minimum absolute atomic E-state index is 0.384. The number of carbonyl (C=O) groups excluding carboxylic acids is 1. The number of methoxy groups -OCH3 is 1. The molecule has 0 spiro atoms. The molecule has 1 aromatic heterocycles. The molecule has 0 N–H and O–H groups in total. The Balaban J connectivity index is 0.000000791. The van der Waals surface area contributed by atoms with Gasteiger partial charge in [0.1, 0.15) is 5.82 Å². The summed E-state index contributed by atoms with van der Waals surface area (Å²) in [6.45, 7) is 5.48. The maximum atomic E-state index is 11.2. The van der Waals surface area contributed by atoms with Crippen LogP contribution in [-0.4, -0.2) is 22.8 Å². The maximum Gasteiger partial charge on any atom is 0.419 e. The Morgan fingerprint density at radius 2 is 1.86 bits per heavy atom. The molecule has 0 unspecified atom stereocenters. The van der Waals surface area contributed by atoms with Crippen LogP contribution in [0.15, 0.2) is 0 Å². The molecule has 0 aliphatic rings. The summed E-state index contributed by atoms with van der Waals surface area (Å²) in [5, 5.41) is 0. The summed E-state index contributed by atoms with van der Waals surface area (Å²) < 4.78 is 6.05. The van der Waals surface area contributed by atoms with Crippen molar-refractivity contribution < 1.29 is 9.53 Å². The standard InChI is InChI=1S/C8H12N2O2.I2/c1-5-6(2)10(7(3)9-5)8(11)12-4;1-2/h1-4H3;. The molecule has 14 heavy (non-hydrogen) atoms. The van der Waals surface area contributed by atoms with Gasteiger partial charge in [0.15, 0.2) is 0 Å². The van der Waals surface area contributed by atoms with Crippen LogP contribution in [0.1, 0.15) is 17.2 Å². The zero-order valence-corrected chi connectivity index (χ0v) is 12.8. The van der Waals surface area contributed by atoms with E-state index in [9.17, 15) is 4.79 Å². The van der Waals surface area contributed by atoms with Crippen LogP contribution in [0, 0.1) is 20.8 Å². The second kappa shape index (κ2) is 6.59. The fraction of sp³-hybridized carbons (Fsp3) is 0.500. The number of imidazole rings is 1. The van der Waals surface area contributed by atoms with Gasteiger partial charge in [-0.1, -0.05) is 0 Å². The van der Waals surface area contributed by atoms with Gasteiger partial charge >= 0.3 is 6.09 Å². The first-order chi connectivity index (χ1) is 6.57. The fourth-order valence-corrected chi connectivity index (χ4v) is 1.14. The predicted molar refractivity (Wildman–Crippen MR) is 72.3 cm³/mol. The zero-order chi connectivity index (χ0) is 11.3. The lowest BCUT2D eigenvalue weighted by molar-refractivity contribution is 0.171. The van der Waals surface area contributed by atoms with Gasteiger partial charge in [0, 0.05) is 42.9 Å². The van der Waals surface area contributed by atoms with Crippen LogP contribution in [0.5, 0.6) is 0 Å². The first kappa shape index (κ1) is 14.1. The summed E-state index contributed by atoms with van der Waals surface area (Å²) in [5.74, 6) is 0.664. The number of aryl methyl sites for hydroxylation is 2. The van der Waals surface area contributed by atoms with Crippen LogP contribution in [0.4, 0.5) is 4.79 Å². The van der Waals surface area contributed by atoms with E-state index >= 15 is 0 Å². The van der Waals surface area contributed by atoms with E-state index in [1.165, 1.54) is 11.7 Å². The highest BCUT2D eigenvalue weighted by molar-refractivity contribution is 15.0. The van der Waals surface area contributed by atoms with Crippen molar-refractivity contribution in [3.05, 3.63) is 17.2 Å². The second-order valence-electron chi connectivity index (χ2n) is 2.64. The molecule has 1 heterocycles. The number of rotatable bonds is 0. The number of aromatic nitrogens is 2. The van der Waals surface area contributed by atoms with Crippen LogP contribution in [0.3, 0.4) is 0 Å². The van der Waals surface area contributed by atoms with Crippen molar-refractivity contribution in [1.82, 2.24) is 9.55 Å². The highest BCUT2D eigenvalue weighted by atomic mass is 128. The Kier molecular flexibility index (Phi) is 6.66. The number of nitrogens with zero attached hydrogens (tertiary/aromatic N) is 2. The Bertz CT molecular complexity index is 323. The van der Waals surface area contributed by atoms with E-state index in [0.29, 0.717) is 5.82 Å². The van der Waals surface area contributed by atoms with Crippen molar-refractivity contribution in [3.8, 4) is 0 Å². The lowest BCUT2D eigenvalue weighted by Gasteiger charge is -2.03. The van der Waals surface area contributed by atoms with Gasteiger partial charge in [0.25, 0.3) is 0 Å². The van der Waals surface area contributed by atoms with Crippen LogP contribution in [-0.2, 0) is 4.74 Å². The fourth-order valence-electron chi connectivity index (χ4n) is 1.14. The average molecular weight is 422 g/mol. The molecule has 0 aliphatic heterocycles. The van der Waals surface area contributed by atoms with E-state index in [1.54, 1.807) is 6.92 Å². The van der Waals surface area contributed by atoms with Crippen LogP contribution >= 0.6 is 37.2 Å². The van der Waals surface area contributed by atoms with E-state index in [4.69, 9.17) is 0 Å². The van der Waals surface area contributed by atoms with Crippen molar-refractivity contribution in [3.63, 3.8) is 0 Å². The van der Waals surface area contributed by atoms with Crippen molar-refractivity contribution in [1.29, 1.82) is 0 Å². The molecule has 6 heteroatoms. The van der Waals surface area contributed by atoms with Crippen LogP contribution in [0.2, 0.25) is 0 Å². The molecule has 1 rings (SSSR count). The largest absolute Gasteiger partial charge is 0.452 e. The van der Waals surface area contributed by atoms with Gasteiger partial charge in [0.2, 0.25) is 0 Å². The van der Waals surface area contributed by atoms with Gasteiger partial charge in [0.05, 0.1) is 12.8 Å². The lowest BCUT2D eigenvalue weighted by atomic mass is 10.4. The molecule has 0 saturated heterocycles. The van der Waals surface area contributed by atoms with Crippen LogP contribution < -0.4 is 0 Å². The van der Waals surface area contributed by atoms with Gasteiger partial charge in [-0.3, -0.25) is 0 Å². The monoisotopic (exact) mass is 422 g/mol. The second-order valence-corrected chi connectivity index (χ2v) is 2.64. The summed E-state index contributed by atoms with van der Waals surface area (Å²) >= 11 is 4.24. The van der Waals surface area contributed by atoms with Gasteiger partial charge in [-0.2, -0.15) is 0 Å². The molecule has 0 fully saturated rings. The molecular formula is C8H12I2N2O2. The number of halogens is 2. The summed E-state index contributed by atoms with van der Waals surface area (Å²) in [4.78, 5) is 15.3. The average Bonchev–Trinajstić information content (AvgIpc) is 2.44. The van der Waals surface area contributed by atoms with Crippen molar-refractivity contribution in [2.75, 3.05) is 7.11 Å². The minimum Gasteiger partial charge on any atom is -0.452 e. The third kappa shape index (κ3) is 3.07. The van der Waals surface area contributed by atoms with Gasteiger partial charge in [-0.05, 0) is 20.8 Å². The van der Waals surface area contributed by atoms with E-state index < -0.39 is 0 Å². The summed E-state index contributed by atoms with van der Waals surface area (Å²) in [5.41, 5.74) is 1.69. The maximum absolute atomic E-state index is 11.2. The first-order valence-electron chi connectivity index (χ1n) is 3.83. The van der Waals surface area contributed by atoms with Gasteiger partial charge in [-0.15, -0.1) is 0 Å². The van der Waals surface area contributed by atoms with E-state index in [1.807, 2.05) is 13.8 Å². The number of hydrogen-bond donors (Lipinski definition) is 0. The molecule has 0 saturated carbocycles. The third-order valence-electron chi connectivity index (χ3n) is 1.87. The number of ether oxygens (including phenoxy) is 1.